The van der Waals surface area contributed by atoms with Crippen LogP contribution in [0.4, 0.5) is 9.18 Å². The van der Waals surface area contributed by atoms with Crippen LogP contribution < -0.4 is 4.74 Å². The maximum atomic E-state index is 13.8. The molecular formula is C19H14Br2FNO3S. The van der Waals surface area contributed by atoms with Gasteiger partial charge in [0.25, 0.3) is 11.1 Å². The van der Waals surface area contributed by atoms with E-state index >= 15 is 0 Å². The Bertz CT molecular complexity index is 925. The summed E-state index contributed by atoms with van der Waals surface area (Å²) < 4.78 is 20.8. The second kappa shape index (κ2) is 8.58. The van der Waals surface area contributed by atoms with E-state index in [2.05, 4.69) is 31.9 Å². The number of carbonyl (C=O) groups is 2. The van der Waals surface area contributed by atoms with Crippen LogP contribution in [0.1, 0.15) is 18.1 Å². The number of amides is 2. The van der Waals surface area contributed by atoms with E-state index in [-0.39, 0.29) is 6.54 Å². The fourth-order valence-corrected chi connectivity index (χ4v) is 4.82. The molecule has 2 amide bonds. The summed E-state index contributed by atoms with van der Waals surface area (Å²) in [7, 11) is 0. The highest BCUT2D eigenvalue weighted by Crippen LogP contribution is 2.38. The van der Waals surface area contributed by atoms with Crippen molar-refractivity contribution in [2.24, 2.45) is 0 Å². The Kier molecular flexibility index (Phi) is 6.39. The summed E-state index contributed by atoms with van der Waals surface area (Å²) in [5.41, 5.74) is 1.03. The van der Waals surface area contributed by atoms with E-state index in [4.69, 9.17) is 4.74 Å². The molecule has 2 aromatic rings. The van der Waals surface area contributed by atoms with Gasteiger partial charge in [-0.3, -0.25) is 14.5 Å². The monoisotopic (exact) mass is 513 g/mol. The standard InChI is InChI=1S/C19H14Br2FNO3S/c1-2-26-17-13(20)7-11(8-14(17)21)9-16-18(24)23(19(25)27-16)10-12-5-3-4-6-15(12)22/h3-9H,2,10H2,1H3/b16-9-. The van der Waals surface area contributed by atoms with E-state index in [0.29, 0.717) is 22.8 Å². The predicted molar refractivity (Wildman–Crippen MR) is 111 cm³/mol. The Morgan fingerprint density at radius 2 is 1.85 bits per heavy atom. The smallest absolute Gasteiger partial charge is 0.293 e. The fraction of sp³-hybridized carbons (Fsp3) is 0.158. The van der Waals surface area contributed by atoms with E-state index in [1.54, 1.807) is 36.4 Å². The van der Waals surface area contributed by atoms with Crippen molar-refractivity contribution in [3.05, 3.63) is 67.2 Å². The molecule has 0 bridgehead atoms. The Morgan fingerprint density at radius 1 is 1.19 bits per heavy atom. The summed E-state index contributed by atoms with van der Waals surface area (Å²) in [5.74, 6) is -0.211. The first-order valence-electron chi connectivity index (χ1n) is 8.01. The number of nitrogens with zero attached hydrogens (tertiary/aromatic N) is 1. The summed E-state index contributed by atoms with van der Waals surface area (Å²) in [6.45, 7) is 2.31. The molecule has 3 rings (SSSR count). The number of benzene rings is 2. The average Bonchev–Trinajstić information content (AvgIpc) is 2.87. The van der Waals surface area contributed by atoms with Gasteiger partial charge in [-0.15, -0.1) is 0 Å². The lowest BCUT2D eigenvalue weighted by atomic mass is 10.2. The van der Waals surface area contributed by atoms with E-state index in [9.17, 15) is 14.0 Å². The number of halogens is 3. The molecule has 8 heteroatoms. The highest BCUT2D eigenvalue weighted by Gasteiger charge is 2.35. The lowest BCUT2D eigenvalue weighted by Crippen LogP contribution is -2.27. The summed E-state index contributed by atoms with van der Waals surface area (Å²) >= 11 is 7.73. The van der Waals surface area contributed by atoms with Crippen LogP contribution in [0.25, 0.3) is 6.08 Å². The molecule has 0 spiro atoms. The van der Waals surface area contributed by atoms with Crippen LogP contribution in [0.15, 0.2) is 50.2 Å². The first kappa shape index (κ1) is 20.1. The molecule has 0 atom stereocenters. The molecule has 1 fully saturated rings. The molecule has 0 unspecified atom stereocenters. The molecular weight excluding hydrogens is 501 g/mol. The fourth-order valence-electron chi connectivity index (χ4n) is 2.53. The highest BCUT2D eigenvalue weighted by atomic mass is 79.9. The van der Waals surface area contributed by atoms with Gasteiger partial charge >= 0.3 is 0 Å². The van der Waals surface area contributed by atoms with Crippen LogP contribution in [0.3, 0.4) is 0 Å². The minimum absolute atomic E-state index is 0.0919. The van der Waals surface area contributed by atoms with Gasteiger partial charge in [-0.05, 0) is 80.4 Å². The SMILES string of the molecule is CCOc1c(Br)cc(/C=C2\SC(=O)N(Cc3ccccc3F)C2=O)cc1Br. The third-order valence-electron chi connectivity index (χ3n) is 3.77. The van der Waals surface area contributed by atoms with Gasteiger partial charge in [-0.25, -0.2) is 4.39 Å². The second-order valence-electron chi connectivity index (χ2n) is 5.61. The lowest BCUT2D eigenvalue weighted by molar-refractivity contribution is -0.123. The van der Waals surface area contributed by atoms with Crippen LogP contribution in [0.5, 0.6) is 5.75 Å². The number of hydrogen-bond acceptors (Lipinski definition) is 4. The van der Waals surface area contributed by atoms with Crippen molar-refractivity contribution in [3.63, 3.8) is 0 Å². The summed E-state index contributed by atoms with van der Waals surface area (Å²) in [5, 5.41) is -0.418. The van der Waals surface area contributed by atoms with Crippen molar-refractivity contribution in [2.75, 3.05) is 6.61 Å². The van der Waals surface area contributed by atoms with E-state index in [0.717, 1.165) is 31.2 Å². The predicted octanol–water partition coefficient (Wildman–Crippen LogP) is 5.99. The van der Waals surface area contributed by atoms with Crippen LogP contribution in [0.2, 0.25) is 0 Å². The Hall–Kier alpha value is -1.64. The Balaban J connectivity index is 1.85. The third kappa shape index (κ3) is 4.44. The minimum atomic E-state index is -0.445. The van der Waals surface area contributed by atoms with Gasteiger partial charge in [0.2, 0.25) is 0 Å². The number of ether oxygens (including phenoxy) is 1. The molecule has 1 heterocycles. The molecule has 1 aliphatic heterocycles. The van der Waals surface area contributed by atoms with Crippen molar-refractivity contribution in [2.45, 2.75) is 13.5 Å². The molecule has 1 saturated heterocycles. The Morgan fingerprint density at radius 3 is 2.48 bits per heavy atom. The van der Waals surface area contributed by atoms with E-state index in [1.165, 1.54) is 6.07 Å². The van der Waals surface area contributed by atoms with Crippen LogP contribution >= 0.6 is 43.6 Å². The molecule has 0 radical (unpaired) electrons. The quantitative estimate of drug-likeness (QED) is 0.460. The minimum Gasteiger partial charge on any atom is -0.492 e. The second-order valence-corrected chi connectivity index (χ2v) is 8.31. The Labute approximate surface area is 177 Å². The van der Waals surface area contributed by atoms with E-state index in [1.807, 2.05) is 6.92 Å². The van der Waals surface area contributed by atoms with Gasteiger partial charge in [0.05, 0.1) is 27.0 Å². The molecule has 4 nitrogen and oxygen atoms in total. The number of imide groups is 1. The molecule has 1 aliphatic rings. The molecule has 0 saturated carbocycles. The van der Waals surface area contributed by atoms with Gasteiger partial charge in [0.15, 0.2) is 0 Å². The van der Waals surface area contributed by atoms with Gasteiger partial charge < -0.3 is 4.74 Å². The van der Waals surface area contributed by atoms with Crippen molar-refractivity contribution in [1.29, 1.82) is 0 Å². The maximum absolute atomic E-state index is 13.8. The topological polar surface area (TPSA) is 46.6 Å². The lowest BCUT2D eigenvalue weighted by Gasteiger charge is -2.13. The van der Waals surface area contributed by atoms with Crippen LogP contribution in [0, 0.1) is 5.82 Å². The maximum Gasteiger partial charge on any atom is 0.293 e. The van der Waals surface area contributed by atoms with Crippen LogP contribution in [-0.2, 0) is 11.3 Å². The van der Waals surface area contributed by atoms with Crippen molar-refractivity contribution >= 4 is 60.8 Å². The van der Waals surface area contributed by atoms with Gasteiger partial charge in [-0.1, -0.05) is 18.2 Å². The average molecular weight is 515 g/mol. The third-order valence-corrected chi connectivity index (χ3v) is 5.85. The van der Waals surface area contributed by atoms with Gasteiger partial charge in [-0.2, -0.15) is 0 Å². The normalized spacial score (nSPS) is 15.7. The molecule has 140 valence electrons. The van der Waals surface area contributed by atoms with Gasteiger partial charge in [0.1, 0.15) is 11.6 Å². The largest absolute Gasteiger partial charge is 0.492 e. The summed E-state index contributed by atoms with van der Waals surface area (Å²) in [4.78, 5) is 26.2. The summed E-state index contributed by atoms with van der Waals surface area (Å²) in [6.07, 6.45) is 1.64. The molecule has 0 aliphatic carbocycles. The molecule has 27 heavy (non-hydrogen) atoms. The number of hydrogen-bond donors (Lipinski definition) is 0. The van der Waals surface area contributed by atoms with Crippen molar-refractivity contribution in [1.82, 2.24) is 4.90 Å². The van der Waals surface area contributed by atoms with Crippen molar-refractivity contribution < 1.29 is 18.7 Å². The number of rotatable bonds is 5. The first-order chi connectivity index (χ1) is 12.9. The number of carbonyl (C=O) groups excluding carboxylic acids is 2. The summed E-state index contributed by atoms with van der Waals surface area (Å²) in [6, 6.07) is 9.71. The zero-order chi connectivity index (χ0) is 19.6. The van der Waals surface area contributed by atoms with Crippen LogP contribution in [-0.4, -0.2) is 22.7 Å². The van der Waals surface area contributed by atoms with E-state index < -0.39 is 17.0 Å². The molecule has 0 aromatic heterocycles. The molecule has 2 aromatic carbocycles. The first-order valence-corrected chi connectivity index (χ1v) is 10.4. The highest BCUT2D eigenvalue weighted by molar-refractivity contribution is 9.11. The van der Waals surface area contributed by atoms with Crippen molar-refractivity contribution in [3.8, 4) is 5.75 Å². The zero-order valence-corrected chi connectivity index (χ0v) is 18.2. The number of thioether (sulfide) groups is 1. The zero-order valence-electron chi connectivity index (χ0n) is 14.2. The molecule has 0 N–H and O–H groups in total. The van der Waals surface area contributed by atoms with Gasteiger partial charge in [0, 0.05) is 5.56 Å².